The molecule has 1 aromatic carbocycles. The second-order valence-corrected chi connectivity index (χ2v) is 7.37. The molecule has 29 heavy (non-hydrogen) atoms. The molecule has 0 saturated carbocycles. The molecule has 1 atom stereocenters. The molecule has 0 radical (unpaired) electrons. The largest absolute Gasteiger partial charge is 0.490 e. The summed E-state index contributed by atoms with van der Waals surface area (Å²) in [5.74, 6) is 0.735. The van der Waals surface area contributed by atoms with E-state index in [4.69, 9.17) is 25.8 Å². The Labute approximate surface area is 176 Å². The molecular weight excluding hydrogens is 396 g/mol. The molecule has 1 aliphatic heterocycles. The topological polar surface area (TPSA) is 85.9 Å². The lowest BCUT2D eigenvalue weighted by Gasteiger charge is -2.29. The normalized spacial score (nSPS) is 16.4. The molecule has 2 rings (SSSR count). The first-order chi connectivity index (χ1) is 13.8. The third kappa shape index (κ3) is 5.56. The monoisotopic (exact) mass is 424 g/mol. The van der Waals surface area contributed by atoms with Crippen LogP contribution in [0.5, 0.6) is 11.5 Å². The third-order valence-electron chi connectivity index (χ3n) is 4.23. The predicted octanol–water partition coefficient (Wildman–Crippen LogP) is 4.35. The Kier molecular flexibility index (Phi) is 8.20. The van der Waals surface area contributed by atoms with Gasteiger partial charge in [-0.1, -0.05) is 32.4 Å². The molecule has 0 aromatic heterocycles. The first-order valence-electron chi connectivity index (χ1n) is 9.88. The molecule has 0 saturated heterocycles. The summed E-state index contributed by atoms with van der Waals surface area (Å²) in [5, 5.41) is 5.83. The Hall–Kier alpha value is -2.41. The van der Waals surface area contributed by atoms with E-state index in [0.29, 0.717) is 58.9 Å². The molecule has 0 fully saturated rings. The average molecular weight is 425 g/mol. The van der Waals surface area contributed by atoms with Crippen molar-refractivity contribution in [3.8, 4) is 11.5 Å². The van der Waals surface area contributed by atoms with Gasteiger partial charge in [0.15, 0.2) is 11.5 Å². The fourth-order valence-electron chi connectivity index (χ4n) is 3.00. The number of esters is 1. The standard InChI is InChI=1S/C21H29ClN2O5/c1-6-15-17(20(25)28-8-3)18(24-21(26)23-15)13-9-14(22)19(29-11-12(4)5)16(10-13)27-7-2/h9-10,12,18H,6-8,11H2,1-5H3,(H2,23,24,26). The smallest absolute Gasteiger partial charge is 0.338 e. The van der Waals surface area contributed by atoms with Crippen molar-refractivity contribution in [1.29, 1.82) is 0 Å². The van der Waals surface area contributed by atoms with Gasteiger partial charge >= 0.3 is 12.0 Å². The molecule has 0 aliphatic carbocycles. The summed E-state index contributed by atoms with van der Waals surface area (Å²) >= 11 is 6.50. The highest BCUT2D eigenvalue weighted by Crippen LogP contribution is 2.40. The van der Waals surface area contributed by atoms with Crippen LogP contribution in [0.1, 0.15) is 52.6 Å². The van der Waals surface area contributed by atoms with E-state index < -0.39 is 18.0 Å². The molecule has 2 N–H and O–H groups in total. The lowest BCUT2D eigenvalue weighted by atomic mass is 9.94. The molecule has 0 bridgehead atoms. The number of nitrogens with one attached hydrogen (secondary N) is 2. The minimum absolute atomic E-state index is 0.229. The molecule has 1 unspecified atom stereocenters. The van der Waals surface area contributed by atoms with E-state index in [2.05, 4.69) is 10.6 Å². The Bertz CT molecular complexity index is 792. The number of amides is 2. The first-order valence-corrected chi connectivity index (χ1v) is 10.3. The van der Waals surface area contributed by atoms with Crippen LogP contribution in [0, 0.1) is 5.92 Å². The summed E-state index contributed by atoms with van der Waals surface area (Å²) in [5.41, 5.74) is 1.48. The van der Waals surface area contributed by atoms with Crippen LogP contribution in [0.25, 0.3) is 0 Å². The number of benzene rings is 1. The third-order valence-corrected chi connectivity index (χ3v) is 4.51. The van der Waals surface area contributed by atoms with Crippen molar-refractivity contribution < 1.29 is 23.8 Å². The quantitative estimate of drug-likeness (QED) is 0.575. The molecule has 1 aromatic rings. The van der Waals surface area contributed by atoms with Crippen molar-refractivity contribution >= 4 is 23.6 Å². The number of carbonyl (C=O) groups excluding carboxylic acids is 2. The number of carbonyl (C=O) groups is 2. The number of urea groups is 1. The predicted molar refractivity (Wildman–Crippen MR) is 111 cm³/mol. The van der Waals surface area contributed by atoms with Crippen molar-refractivity contribution in [1.82, 2.24) is 10.6 Å². The molecule has 8 heteroatoms. The molecule has 7 nitrogen and oxygen atoms in total. The Balaban J connectivity index is 2.54. The summed E-state index contributed by atoms with van der Waals surface area (Å²) in [6, 6.07) is 2.32. The van der Waals surface area contributed by atoms with E-state index in [1.807, 2.05) is 27.7 Å². The van der Waals surface area contributed by atoms with Gasteiger partial charge in [0, 0.05) is 5.70 Å². The van der Waals surface area contributed by atoms with Crippen LogP contribution in [-0.2, 0) is 9.53 Å². The Morgan fingerprint density at radius 2 is 1.90 bits per heavy atom. The Morgan fingerprint density at radius 1 is 1.17 bits per heavy atom. The molecule has 1 heterocycles. The first kappa shape index (κ1) is 22.9. The summed E-state index contributed by atoms with van der Waals surface area (Å²) < 4.78 is 16.8. The summed E-state index contributed by atoms with van der Waals surface area (Å²) in [6.45, 7) is 10.7. The molecule has 2 amide bonds. The van der Waals surface area contributed by atoms with Gasteiger partial charge in [0.05, 0.1) is 36.5 Å². The molecule has 1 aliphatic rings. The van der Waals surface area contributed by atoms with Crippen LogP contribution in [0.2, 0.25) is 5.02 Å². The van der Waals surface area contributed by atoms with Gasteiger partial charge in [-0.3, -0.25) is 0 Å². The maximum Gasteiger partial charge on any atom is 0.338 e. The zero-order valence-electron chi connectivity index (χ0n) is 17.6. The van der Waals surface area contributed by atoms with Gasteiger partial charge in [-0.25, -0.2) is 9.59 Å². The molecule has 0 spiro atoms. The Morgan fingerprint density at radius 3 is 2.48 bits per heavy atom. The van der Waals surface area contributed by atoms with E-state index in [1.165, 1.54) is 0 Å². The zero-order chi connectivity index (χ0) is 21.6. The fraction of sp³-hybridized carbons (Fsp3) is 0.524. The van der Waals surface area contributed by atoms with Crippen LogP contribution >= 0.6 is 11.6 Å². The summed E-state index contributed by atoms with van der Waals surface area (Å²) in [4.78, 5) is 24.8. The molecular formula is C21H29ClN2O5. The van der Waals surface area contributed by atoms with Crippen LogP contribution in [0.15, 0.2) is 23.4 Å². The lowest BCUT2D eigenvalue weighted by molar-refractivity contribution is -0.139. The maximum atomic E-state index is 12.6. The van der Waals surface area contributed by atoms with Crippen LogP contribution in [0.3, 0.4) is 0 Å². The van der Waals surface area contributed by atoms with Gasteiger partial charge in [-0.05, 0) is 43.9 Å². The van der Waals surface area contributed by atoms with Crippen molar-refractivity contribution in [2.75, 3.05) is 19.8 Å². The minimum Gasteiger partial charge on any atom is -0.490 e. The maximum absolute atomic E-state index is 12.6. The van der Waals surface area contributed by atoms with E-state index in [9.17, 15) is 9.59 Å². The van der Waals surface area contributed by atoms with E-state index in [-0.39, 0.29) is 6.61 Å². The summed E-state index contributed by atoms with van der Waals surface area (Å²) in [6.07, 6.45) is 0.472. The number of allylic oxidation sites excluding steroid dienone is 1. The number of rotatable bonds is 9. The van der Waals surface area contributed by atoms with Crippen LogP contribution in [-0.4, -0.2) is 31.8 Å². The van der Waals surface area contributed by atoms with Crippen LogP contribution < -0.4 is 20.1 Å². The van der Waals surface area contributed by atoms with E-state index in [0.717, 1.165) is 0 Å². The van der Waals surface area contributed by atoms with Gasteiger partial charge in [-0.15, -0.1) is 0 Å². The highest BCUT2D eigenvalue weighted by molar-refractivity contribution is 6.32. The SMILES string of the molecule is CCOC(=O)C1=C(CC)NC(=O)NC1c1cc(Cl)c(OCC(C)C)c(OCC)c1. The van der Waals surface area contributed by atoms with Crippen molar-refractivity contribution in [3.05, 3.63) is 34.0 Å². The highest BCUT2D eigenvalue weighted by Gasteiger charge is 2.34. The number of hydrogen-bond acceptors (Lipinski definition) is 5. The van der Waals surface area contributed by atoms with Gasteiger partial charge in [0.25, 0.3) is 0 Å². The van der Waals surface area contributed by atoms with Gasteiger partial charge in [0.2, 0.25) is 0 Å². The van der Waals surface area contributed by atoms with Crippen molar-refractivity contribution in [2.24, 2.45) is 5.92 Å². The van der Waals surface area contributed by atoms with Gasteiger partial charge < -0.3 is 24.8 Å². The lowest BCUT2D eigenvalue weighted by Crippen LogP contribution is -2.45. The fourth-order valence-corrected chi connectivity index (χ4v) is 3.28. The van der Waals surface area contributed by atoms with Gasteiger partial charge in [0.1, 0.15) is 0 Å². The summed E-state index contributed by atoms with van der Waals surface area (Å²) in [7, 11) is 0. The van der Waals surface area contributed by atoms with E-state index >= 15 is 0 Å². The average Bonchev–Trinajstić information content (AvgIpc) is 2.66. The van der Waals surface area contributed by atoms with Crippen molar-refractivity contribution in [2.45, 2.75) is 47.1 Å². The number of halogens is 1. The van der Waals surface area contributed by atoms with Crippen LogP contribution in [0.4, 0.5) is 4.79 Å². The number of hydrogen-bond donors (Lipinski definition) is 2. The minimum atomic E-state index is -0.714. The number of ether oxygens (including phenoxy) is 3. The highest BCUT2D eigenvalue weighted by atomic mass is 35.5. The molecule has 160 valence electrons. The van der Waals surface area contributed by atoms with Gasteiger partial charge in [-0.2, -0.15) is 0 Å². The zero-order valence-corrected chi connectivity index (χ0v) is 18.3. The second kappa shape index (κ2) is 10.4. The van der Waals surface area contributed by atoms with Crippen molar-refractivity contribution in [3.63, 3.8) is 0 Å². The van der Waals surface area contributed by atoms with E-state index in [1.54, 1.807) is 19.1 Å². The second-order valence-electron chi connectivity index (χ2n) is 6.97.